The molecule has 0 fully saturated rings. The molecule has 0 bridgehead atoms. The Bertz CT molecular complexity index is 2010. The maximum Gasteiger partial charge on any atom is 0.336 e. The van der Waals surface area contributed by atoms with Gasteiger partial charge in [-0.05, 0) is 77.0 Å². The molecule has 0 saturated heterocycles. The highest BCUT2D eigenvalue weighted by Crippen LogP contribution is 2.38. The van der Waals surface area contributed by atoms with Crippen molar-refractivity contribution < 1.29 is 33.0 Å². The fraction of sp³-hybridized carbons (Fsp3) is 0. The number of aromatic carboxylic acids is 2. The Hall–Kier alpha value is -5.68. The second-order valence-electron chi connectivity index (χ2n) is 9.24. The number of nitrogen functional groups attached to an aromatic ring is 1. The van der Waals surface area contributed by atoms with Crippen LogP contribution in [-0.2, 0) is 10.0 Å². The first kappa shape index (κ1) is 27.9. The van der Waals surface area contributed by atoms with E-state index in [2.05, 4.69) is 4.72 Å². The molecule has 0 atom stereocenters. The molecule has 42 heavy (non-hydrogen) atoms. The Kier molecular flexibility index (Phi) is 7.34. The van der Waals surface area contributed by atoms with Crippen LogP contribution < -0.4 is 15.2 Å². The number of carbonyl (C=O) groups is 2. The van der Waals surface area contributed by atoms with Gasteiger partial charge < -0.3 is 20.7 Å². The number of hydrogen-bond donors (Lipinski definition) is 5. The van der Waals surface area contributed by atoms with E-state index in [1.807, 2.05) is 0 Å². The van der Waals surface area contributed by atoms with Crippen molar-refractivity contribution in [2.75, 3.05) is 4.72 Å². The third kappa shape index (κ3) is 5.76. The van der Waals surface area contributed by atoms with Gasteiger partial charge in [-0.1, -0.05) is 42.5 Å². The predicted molar refractivity (Wildman–Crippen MR) is 158 cm³/mol. The van der Waals surface area contributed by atoms with E-state index in [0.29, 0.717) is 22.4 Å². The zero-order valence-corrected chi connectivity index (χ0v) is 22.6. The van der Waals surface area contributed by atoms with Gasteiger partial charge in [-0.25, -0.2) is 18.0 Å². The number of hydrogen-bond acceptors (Lipinski definition) is 6. The molecule has 0 aliphatic carbocycles. The molecule has 10 nitrogen and oxygen atoms in total. The number of rotatable bonds is 9. The van der Waals surface area contributed by atoms with Crippen molar-refractivity contribution >= 4 is 44.3 Å². The third-order valence-electron chi connectivity index (χ3n) is 6.42. The number of carboxylic acids is 2. The highest BCUT2D eigenvalue weighted by molar-refractivity contribution is 7.92. The van der Waals surface area contributed by atoms with Crippen LogP contribution in [0.5, 0.6) is 11.5 Å². The number of nitrogens with one attached hydrogen (secondary N) is 2. The first-order chi connectivity index (χ1) is 20.0. The largest absolute Gasteiger partial charge is 0.478 e. The van der Waals surface area contributed by atoms with Crippen molar-refractivity contribution in [3.63, 3.8) is 0 Å². The van der Waals surface area contributed by atoms with Crippen molar-refractivity contribution in [2.24, 2.45) is 5.73 Å². The average Bonchev–Trinajstić information content (AvgIpc) is 2.97. The van der Waals surface area contributed by atoms with E-state index in [0.717, 1.165) is 16.8 Å². The topological polar surface area (TPSA) is 180 Å². The van der Waals surface area contributed by atoms with E-state index in [-0.39, 0.29) is 33.3 Å². The Balaban J connectivity index is 1.57. The lowest BCUT2D eigenvalue weighted by Gasteiger charge is -2.16. The van der Waals surface area contributed by atoms with Crippen LogP contribution >= 0.6 is 0 Å². The van der Waals surface area contributed by atoms with Crippen molar-refractivity contribution in [3.05, 3.63) is 120 Å². The molecule has 11 heteroatoms. The van der Waals surface area contributed by atoms with Crippen LogP contribution in [0.25, 0.3) is 21.9 Å². The van der Waals surface area contributed by atoms with Gasteiger partial charge in [-0.2, -0.15) is 0 Å². The van der Waals surface area contributed by atoms with Gasteiger partial charge in [0.25, 0.3) is 10.0 Å². The number of carboxylic acid groups (broad SMARTS) is 2. The standard InChI is InChI=1S/C31H23N3O7S/c32-29(33)20-9-8-19-15-23(12-10-18(19)14-20)41-28-13-11-22(17-27(28)25-6-1-2-7-26(25)31(37)38)34-42(39,40)24-5-3-4-21(16-24)30(35)36/h1-17,34H,(H3,32,33)(H,35,36)(H,37,38). The van der Waals surface area contributed by atoms with Gasteiger partial charge in [0, 0.05) is 16.8 Å². The summed E-state index contributed by atoms with van der Waals surface area (Å²) in [5.41, 5.74) is 6.67. The summed E-state index contributed by atoms with van der Waals surface area (Å²) >= 11 is 0. The number of anilines is 1. The van der Waals surface area contributed by atoms with Crippen LogP contribution in [0.4, 0.5) is 5.69 Å². The molecule has 6 N–H and O–H groups in total. The Morgan fingerprint density at radius 2 is 1.48 bits per heavy atom. The summed E-state index contributed by atoms with van der Waals surface area (Å²) in [5, 5.41) is 28.4. The van der Waals surface area contributed by atoms with Crippen molar-refractivity contribution in [3.8, 4) is 22.6 Å². The molecular weight excluding hydrogens is 558 g/mol. The minimum atomic E-state index is -4.19. The van der Waals surface area contributed by atoms with Crippen molar-refractivity contribution in [2.45, 2.75) is 4.90 Å². The predicted octanol–water partition coefficient (Wildman–Crippen LogP) is 5.78. The average molecular weight is 582 g/mol. The maximum absolute atomic E-state index is 13.1. The van der Waals surface area contributed by atoms with Crippen LogP contribution in [0.15, 0.2) is 108 Å². The van der Waals surface area contributed by atoms with Crippen molar-refractivity contribution in [1.29, 1.82) is 5.41 Å². The zero-order chi connectivity index (χ0) is 30.0. The molecule has 0 saturated carbocycles. The summed E-state index contributed by atoms with van der Waals surface area (Å²) in [7, 11) is -4.19. The lowest BCUT2D eigenvalue weighted by molar-refractivity contribution is 0.0686. The Morgan fingerprint density at radius 3 is 2.21 bits per heavy atom. The molecule has 5 aromatic carbocycles. The zero-order valence-electron chi connectivity index (χ0n) is 21.7. The SMILES string of the molecule is N=C(N)c1ccc2cc(Oc3ccc(NS(=O)(=O)c4cccc(C(=O)O)c4)cc3-c3ccccc3C(=O)O)ccc2c1. The van der Waals surface area contributed by atoms with Gasteiger partial charge in [0.1, 0.15) is 17.3 Å². The van der Waals surface area contributed by atoms with E-state index in [9.17, 15) is 28.2 Å². The number of nitrogens with two attached hydrogens (primary N) is 1. The number of fused-ring (bicyclic) bond motifs is 1. The summed E-state index contributed by atoms with van der Waals surface area (Å²) in [5.74, 6) is -1.80. The quantitative estimate of drug-likeness (QED) is 0.107. The summed E-state index contributed by atoms with van der Waals surface area (Å²) in [6.07, 6.45) is 0. The summed E-state index contributed by atoms with van der Waals surface area (Å²) < 4.78 is 34.9. The molecule has 0 spiro atoms. The molecule has 0 aromatic heterocycles. The maximum atomic E-state index is 13.1. The lowest BCUT2D eigenvalue weighted by atomic mass is 9.98. The van der Waals surface area contributed by atoms with Crippen LogP contribution in [0.1, 0.15) is 26.3 Å². The summed E-state index contributed by atoms with van der Waals surface area (Å²) in [6.45, 7) is 0. The second kappa shape index (κ2) is 11.1. The molecule has 5 aromatic rings. The van der Waals surface area contributed by atoms with Gasteiger partial charge in [0.15, 0.2) is 0 Å². The van der Waals surface area contributed by atoms with E-state index in [4.69, 9.17) is 15.9 Å². The number of ether oxygens (including phenoxy) is 1. The monoisotopic (exact) mass is 581 g/mol. The molecule has 0 amide bonds. The molecule has 5 rings (SSSR count). The molecule has 0 radical (unpaired) electrons. The van der Waals surface area contributed by atoms with Crippen molar-refractivity contribution in [1.82, 2.24) is 0 Å². The van der Waals surface area contributed by atoms with Gasteiger partial charge in [0.05, 0.1) is 16.0 Å². The Morgan fingerprint density at radius 1 is 0.738 bits per heavy atom. The molecule has 0 aliphatic heterocycles. The van der Waals surface area contributed by atoms with Crippen LogP contribution in [0.3, 0.4) is 0 Å². The lowest BCUT2D eigenvalue weighted by Crippen LogP contribution is -2.14. The molecule has 210 valence electrons. The van der Waals surface area contributed by atoms with E-state index in [1.165, 1.54) is 42.5 Å². The van der Waals surface area contributed by atoms with Gasteiger partial charge in [0.2, 0.25) is 0 Å². The number of amidine groups is 1. The first-order valence-corrected chi connectivity index (χ1v) is 13.9. The molecule has 0 heterocycles. The highest BCUT2D eigenvalue weighted by atomic mass is 32.2. The molecule has 0 aliphatic rings. The van der Waals surface area contributed by atoms with E-state index >= 15 is 0 Å². The van der Waals surface area contributed by atoms with Gasteiger partial charge >= 0.3 is 11.9 Å². The minimum Gasteiger partial charge on any atom is -0.478 e. The molecule has 0 unspecified atom stereocenters. The van der Waals surface area contributed by atoms with E-state index in [1.54, 1.807) is 54.6 Å². The fourth-order valence-corrected chi connectivity index (χ4v) is 5.48. The fourth-order valence-electron chi connectivity index (χ4n) is 4.39. The number of sulfonamides is 1. The van der Waals surface area contributed by atoms with Gasteiger partial charge in [-0.15, -0.1) is 0 Å². The van der Waals surface area contributed by atoms with Crippen LogP contribution in [0.2, 0.25) is 0 Å². The summed E-state index contributed by atoms with van der Waals surface area (Å²) in [6, 6.07) is 26.2. The van der Waals surface area contributed by atoms with Gasteiger partial charge in [-0.3, -0.25) is 10.1 Å². The van der Waals surface area contributed by atoms with Crippen LogP contribution in [-0.4, -0.2) is 36.4 Å². The molecular formula is C31H23N3O7S. The van der Waals surface area contributed by atoms with E-state index < -0.39 is 22.0 Å². The minimum absolute atomic E-state index is 0.0215. The summed E-state index contributed by atoms with van der Waals surface area (Å²) in [4.78, 5) is 23.1. The Labute approximate surface area is 240 Å². The normalized spacial score (nSPS) is 11.1. The highest BCUT2D eigenvalue weighted by Gasteiger charge is 2.20. The first-order valence-electron chi connectivity index (χ1n) is 12.4. The second-order valence-corrected chi connectivity index (χ2v) is 10.9. The third-order valence-corrected chi connectivity index (χ3v) is 7.80. The smallest absolute Gasteiger partial charge is 0.336 e. The van der Waals surface area contributed by atoms with Crippen LogP contribution in [0, 0.1) is 5.41 Å². The number of benzene rings is 5.